The van der Waals surface area contributed by atoms with Crippen LogP contribution in [-0.2, 0) is 22.7 Å². The Morgan fingerprint density at radius 2 is 1.61 bits per heavy atom. The number of hydrogen-bond donors (Lipinski definition) is 2. The molecule has 31 heavy (non-hydrogen) atoms. The van der Waals surface area contributed by atoms with E-state index >= 15 is 0 Å². The number of likely N-dealkylation sites (tertiary alicyclic amines) is 2. The monoisotopic (exact) mass is 427 g/mol. The molecule has 1 aliphatic carbocycles. The Morgan fingerprint density at radius 3 is 2.35 bits per heavy atom. The Hall–Kier alpha value is -1.92. The van der Waals surface area contributed by atoms with Crippen molar-refractivity contribution in [2.75, 3.05) is 26.2 Å². The molecule has 2 saturated heterocycles. The molecule has 4 rings (SSSR count). The topological polar surface area (TPSA) is 72.9 Å². The van der Waals surface area contributed by atoms with Gasteiger partial charge in [0.1, 0.15) is 0 Å². The molecule has 1 aromatic carbocycles. The maximum atomic E-state index is 13.1. The van der Waals surface area contributed by atoms with Crippen LogP contribution in [0.3, 0.4) is 0 Å². The third-order valence-corrected chi connectivity index (χ3v) is 7.49. The van der Waals surface area contributed by atoms with E-state index in [-0.39, 0.29) is 36.3 Å². The van der Waals surface area contributed by atoms with E-state index in [2.05, 4.69) is 22.3 Å². The molecule has 6 nitrogen and oxygen atoms in total. The minimum atomic E-state index is -0.202. The Labute approximate surface area is 186 Å². The first kappa shape index (κ1) is 22.3. The molecule has 0 radical (unpaired) electrons. The largest absolute Gasteiger partial charge is 0.395 e. The van der Waals surface area contributed by atoms with Crippen LogP contribution in [0.4, 0.5) is 0 Å². The second-order valence-electron chi connectivity index (χ2n) is 9.47. The number of carbonyl (C=O) groups is 2. The van der Waals surface area contributed by atoms with Gasteiger partial charge < -0.3 is 15.3 Å². The van der Waals surface area contributed by atoms with Crippen molar-refractivity contribution in [3.05, 3.63) is 35.4 Å². The highest BCUT2D eigenvalue weighted by Crippen LogP contribution is 2.33. The van der Waals surface area contributed by atoms with Crippen LogP contribution in [0, 0.1) is 11.8 Å². The summed E-state index contributed by atoms with van der Waals surface area (Å²) in [5.41, 5.74) is 2.33. The molecular formula is C25H37N3O3. The highest BCUT2D eigenvalue weighted by Gasteiger charge is 2.38. The molecule has 3 fully saturated rings. The van der Waals surface area contributed by atoms with Crippen LogP contribution in [0.1, 0.15) is 62.5 Å². The molecule has 3 aliphatic rings. The van der Waals surface area contributed by atoms with Crippen LogP contribution in [0.2, 0.25) is 0 Å². The molecule has 2 heterocycles. The molecule has 3 atom stereocenters. The fraction of sp³-hybridized carbons (Fsp3) is 0.680. The SMILES string of the molecule is O=C(NCc1ccccc1CN1CCC[C@@H]1CO)[C@H]1CCCC[C@@H]1C(=O)N1CCCC1. The smallest absolute Gasteiger partial charge is 0.226 e. The van der Waals surface area contributed by atoms with Crippen LogP contribution >= 0.6 is 0 Å². The Morgan fingerprint density at radius 1 is 0.903 bits per heavy atom. The molecule has 1 aromatic rings. The number of carbonyl (C=O) groups excluding carboxylic acids is 2. The molecule has 0 unspecified atom stereocenters. The summed E-state index contributed by atoms with van der Waals surface area (Å²) in [6.45, 7) is 4.20. The minimum Gasteiger partial charge on any atom is -0.395 e. The van der Waals surface area contributed by atoms with Crippen LogP contribution in [0.15, 0.2) is 24.3 Å². The second-order valence-corrected chi connectivity index (χ2v) is 9.47. The summed E-state index contributed by atoms with van der Waals surface area (Å²) < 4.78 is 0. The second kappa shape index (κ2) is 10.6. The van der Waals surface area contributed by atoms with Crippen LogP contribution < -0.4 is 5.32 Å². The zero-order valence-corrected chi connectivity index (χ0v) is 18.6. The first-order valence-corrected chi connectivity index (χ1v) is 12.2. The van der Waals surface area contributed by atoms with Gasteiger partial charge in [-0.25, -0.2) is 0 Å². The normalized spacial score (nSPS) is 26.9. The summed E-state index contributed by atoms with van der Waals surface area (Å²) in [6, 6.07) is 8.49. The molecule has 0 bridgehead atoms. The molecule has 170 valence electrons. The van der Waals surface area contributed by atoms with Crippen LogP contribution in [0.5, 0.6) is 0 Å². The van der Waals surface area contributed by atoms with Crippen molar-refractivity contribution < 1.29 is 14.7 Å². The van der Waals surface area contributed by atoms with Crippen LogP contribution in [-0.4, -0.2) is 59.0 Å². The van der Waals surface area contributed by atoms with E-state index in [1.54, 1.807) is 0 Å². The number of aliphatic hydroxyl groups is 1. The average Bonchev–Trinajstić information content (AvgIpc) is 3.50. The van der Waals surface area contributed by atoms with E-state index < -0.39 is 0 Å². The number of nitrogens with zero attached hydrogens (tertiary/aromatic N) is 2. The molecular weight excluding hydrogens is 390 g/mol. The standard InChI is InChI=1S/C25H37N3O3/c29-18-21-10-7-15-28(21)17-20-9-2-1-8-19(20)16-26-24(30)22-11-3-4-12-23(22)25(31)27-13-5-6-14-27/h1-2,8-9,21-23,29H,3-7,10-18H2,(H,26,30)/t21-,22+,23+/m1/s1. The van der Waals surface area contributed by atoms with Crippen molar-refractivity contribution in [1.82, 2.24) is 15.1 Å². The predicted molar refractivity (Wildman–Crippen MR) is 120 cm³/mol. The highest BCUT2D eigenvalue weighted by atomic mass is 16.3. The molecule has 1 saturated carbocycles. The van der Waals surface area contributed by atoms with Gasteiger partial charge in [0.25, 0.3) is 0 Å². The fourth-order valence-electron chi connectivity index (χ4n) is 5.64. The lowest BCUT2D eigenvalue weighted by Crippen LogP contribution is -2.44. The first-order valence-electron chi connectivity index (χ1n) is 12.2. The lowest BCUT2D eigenvalue weighted by atomic mass is 9.77. The summed E-state index contributed by atoms with van der Waals surface area (Å²) in [4.78, 5) is 30.5. The third kappa shape index (κ3) is 5.29. The number of hydrogen-bond acceptors (Lipinski definition) is 4. The van der Waals surface area contributed by atoms with E-state index in [0.717, 1.165) is 83.1 Å². The molecule has 2 aliphatic heterocycles. The lowest BCUT2D eigenvalue weighted by Gasteiger charge is -2.32. The van der Waals surface area contributed by atoms with E-state index in [4.69, 9.17) is 0 Å². The zero-order chi connectivity index (χ0) is 21.6. The van der Waals surface area contributed by atoms with Crippen molar-refractivity contribution >= 4 is 11.8 Å². The van der Waals surface area contributed by atoms with E-state index in [0.29, 0.717) is 6.54 Å². The van der Waals surface area contributed by atoms with Gasteiger partial charge in [0.2, 0.25) is 11.8 Å². The average molecular weight is 428 g/mol. The molecule has 2 amide bonds. The van der Waals surface area contributed by atoms with Gasteiger partial charge in [-0.3, -0.25) is 14.5 Å². The molecule has 0 aromatic heterocycles. The Bertz CT molecular complexity index is 762. The summed E-state index contributed by atoms with van der Waals surface area (Å²) in [5.74, 6) is -0.133. The van der Waals surface area contributed by atoms with Gasteiger partial charge in [-0.2, -0.15) is 0 Å². The number of rotatable bonds is 7. The summed E-state index contributed by atoms with van der Waals surface area (Å²) in [7, 11) is 0. The minimum absolute atomic E-state index is 0.0291. The van der Waals surface area contributed by atoms with Gasteiger partial charge in [-0.15, -0.1) is 0 Å². The zero-order valence-electron chi connectivity index (χ0n) is 18.6. The number of benzene rings is 1. The highest BCUT2D eigenvalue weighted by molar-refractivity contribution is 5.88. The van der Waals surface area contributed by atoms with Gasteiger partial charge in [0.05, 0.1) is 6.61 Å². The van der Waals surface area contributed by atoms with Crippen molar-refractivity contribution in [3.8, 4) is 0 Å². The maximum absolute atomic E-state index is 13.1. The van der Waals surface area contributed by atoms with E-state index in [1.165, 1.54) is 5.56 Å². The van der Waals surface area contributed by atoms with Gasteiger partial charge >= 0.3 is 0 Å². The van der Waals surface area contributed by atoms with Crippen molar-refractivity contribution in [3.63, 3.8) is 0 Å². The van der Waals surface area contributed by atoms with Crippen molar-refractivity contribution in [2.24, 2.45) is 11.8 Å². The number of aliphatic hydroxyl groups excluding tert-OH is 1. The van der Waals surface area contributed by atoms with E-state index in [1.807, 2.05) is 17.0 Å². The van der Waals surface area contributed by atoms with Crippen molar-refractivity contribution in [1.29, 1.82) is 0 Å². The number of amides is 2. The van der Waals surface area contributed by atoms with Gasteiger partial charge in [-0.05, 0) is 56.2 Å². The molecule has 2 N–H and O–H groups in total. The van der Waals surface area contributed by atoms with Crippen LogP contribution in [0.25, 0.3) is 0 Å². The lowest BCUT2D eigenvalue weighted by molar-refractivity contribution is -0.142. The van der Waals surface area contributed by atoms with Gasteiger partial charge in [0, 0.05) is 44.1 Å². The predicted octanol–water partition coefficient (Wildman–Crippen LogP) is 2.69. The summed E-state index contributed by atoms with van der Waals surface area (Å²) in [6.07, 6.45) is 8.04. The van der Waals surface area contributed by atoms with E-state index in [9.17, 15) is 14.7 Å². The molecule has 0 spiro atoms. The Balaban J connectivity index is 1.38. The molecule has 6 heteroatoms. The number of nitrogens with one attached hydrogen (secondary N) is 1. The fourth-order valence-corrected chi connectivity index (χ4v) is 5.64. The van der Waals surface area contributed by atoms with Crippen molar-refractivity contribution in [2.45, 2.75) is 70.5 Å². The summed E-state index contributed by atoms with van der Waals surface area (Å²) >= 11 is 0. The quantitative estimate of drug-likeness (QED) is 0.702. The summed E-state index contributed by atoms with van der Waals surface area (Å²) in [5, 5.41) is 12.8. The Kier molecular flexibility index (Phi) is 7.62. The third-order valence-electron chi connectivity index (χ3n) is 7.49. The maximum Gasteiger partial charge on any atom is 0.226 e. The first-order chi connectivity index (χ1) is 15.2. The van der Waals surface area contributed by atoms with Gasteiger partial charge in [0.15, 0.2) is 0 Å². The van der Waals surface area contributed by atoms with Gasteiger partial charge in [-0.1, -0.05) is 37.1 Å².